The minimum absolute atomic E-state index is 0.180. The molecule has 15 heavy (non-hydrogen) atoms. The van der Waals surface area contributed by atoms with Crippen molar-refractivity contribution in [1.82, 2.24) is 0 Å². The zero-order valence-corrected chi connectivity index (χ0v) is 9.40. The van der Waals surface area contributed by atoms with E-state index in [1.165, 1.54) is 0 Å². The number of hydrogen-bond donors (Lipinski definition) is 0. The first-order chi connectivity index (χ1) is 7.27. The SMILES string of the molecule is C=CCCC(C)Oc1ccccc1OC. The summed E-state index contributed by atoms with van der Waals surface area (Å²) in [6.45, 7) is 5.74. The fraction of sp³-hybridized carbons (Fsp3) is 0.385. The molecule has 0 spiro atoms. The first-order valence-electron chi connectivity index (χ1n) is 5.18. The molecule has 2 nitrogen and oxygen atoms in total. The van der Waals surface area contributed by atoms with Crippen molar-refractivity contribution in [2.24, 2.45) is 0 Å². The summed E-state index contributed by atoms with van der Waals surface area (Å²) in [5.74, 6) is 1.58. The third kappa shape index (κ3) is 3.66. The Balaban J connectivity index is 2.58. The Morgan fingerprint density at radius 1 is 1.33 bits per heavy atom. The maximum absolute atomic E-state index is 5.77. The standard InChI is InChI=1S/C13H18O2/c1-4-5-8-11(2)15-13-10-7-6-9-12(13)14-3/h4,6-7,9-11H,1,5,8H2,2-3H3. The minimum atomic E-state index is 0.180. The second-order valence-electron chi connectivity index (χ2n) is 3.45. The van der Waals surface area contributed by atoms with Crippen LogP contribution in [0.3, 0.4) is 0 Å². The normalized spacial score (nSPS) is 11.9. The summed E-state index contributed by atoms with van der Waals surface area (Å²) >= 11 is 0. The highest BCUT2D eigenvalue weighted by Gasteiger charge is 2.07. The van der Waals surface area contributed by atoms with Gasteiger partial charge in [0.1, 0.15) is 0 Å². The van der Waals surface area contributed by atoms with Crippen LogP contribution in [0, 0.1) is 0 Å². The Kier molecular flexibility index (Phi) is 4.75. The highest BCUT2D eigenvalue weighted by molar-refractivity contribution is 5.39. The van der Waals surface area contributed by atoms with E-state index in [2.05, 4.69) is 13.5 Å². The molecule has 1 rings (SSSR count). The number of para-hydroxylation sites is 2. The summed E-state index contributed by atoms with van der Waals surface area (Å²) in [7, 11) is 1.65. The van der Waals surface area contributed by atoms with Crippen LogP contribution in [0.5, 0.6) is 11.5 Å². The summed E-state index contributed by atoms with van der Waals surface area (Å²) in [5.41, 5.74) is 0. The van der Waals surface area contributed by atoms with Crippen LogP contribution in [0.15, 0.2) is 36.9 Å². The van der Waals surface area contributed by atoms with Crippen molar-refractivity contribution < 1.29 is 9.47 Å². The lowest BCUT2D eigenvalue weighted by Gasteiger charge is -2.15. The van der Waals surface area contributed by atoms with E-state index in [9.17, 15) is 0 Å². The monoisotopic (exact) mass is 206 g/mol. The average Bonchev–Trinajstić information content (AvgIpc) is 2.27. The smallest absolute Gasteiger partial charge is 0.161 e. The first-order valence-corrected chi connectivity index (χ1v) is 5.18. The van der Waals surface area contributed by atoms with E-state index in [4.69, 9.17) is 9.47 Å². The summed E-state index contributed by atoms with van der Waals surface area (Å²) < 4.78 is 11.0. The molecular formula is C13H18O2. The first kappa shape index (κ1) is 11.6. The number of benzene rings is 1. The molecule has 1 aromatic carbocycles. The Hall–Kier alpha value is -1.44. The molecule has 1 unspecified atom stereocenters. The van der Waals surface area contributed by atoms with Crippen molar-refractivity contribution >= 4 is 0 Å². The molecule has 0 aliphatic heterocycles. The minimum Gasteiger partial charge on any atom is -0.493 e. The van der Waals surface area contributed by atoms with Crippen LogP contribution in [0.1, 0.15) is 19.8 Å². The van der Waals surface area contributed by atoms with Crippen molar-refractivity contribution in [3.8, 4) is 11.5 Å². The van der Waals surface area contributed by atoms with Gasteiger partial charge in [-0.1, -0.05) is 18.2 Å². The molecule has 1 atom stereocenters. The number of ether oxygens (including phenoxy) is 2. The molecule has 0 amide bonds. The van der Waals surface area contributed by atoms with Crippen LogP contribution in [0.2, 0.25) is 0 Å². The maximum atomic E-state index is 5.77. The van der Waals surface area contributed by atoms with Gasteiger partial charge >= 0.3 is 0 Å². The third-order valence-corrected chi connectivity index (χ3v) is 2.17. The van der Waals surface area contributed by atoms with Gasteiger partial charge in [0.25, 0.3) is 0 Å². The average molecular weight is 206 g/mol. The van der Waals surface area contributed by atoms with Crippen LogP contribution in [-0.4, -0.2) is 13.2 Å². The highest BCUT2D eigenvalue weighted by Crippen LogP contribution is 2.27. The van der Waals surface area contributed by atoms with E-state index in [0.717, 1.165) is 24.3 Å². The van der Waals surface area contributed by atoms with Crippen LogP contribution < -0.4 is 9.47 Å². The molecule has 0 heterocycles. The number of rotatable bonds is 6. The van der Waals surface area contributed by atoms with Gasteiger partial charge in [-0.25, -0.2) is 0 Å². The van der Waals surface area contributed by atoms with Crippen LogP contribution >= 0.6 is 0 Å². The number of allylic oxidation sites excluding steroid dienone is 1. The quantitative estimate of drug-likeness (QED) is 0.664. The van der Waals surface area contributed by atoms with Gasteiger partial charge in [-0.15, -0.1) is 6.58 Å². The second kappa shape index (κ2) is 6.12. The molecule has 0 aliphatic rings. The molecule has 0 aliphatic carbocycles. The largest absolute Gasteiger partial charge is 0.493 e. The zero-order valence-electron chi connectivity index (χ0n) is 9.40. The lowest BCUT2D eigenvalue weighted by Crippen LogP contribution is -2.11. The number of hydrogen-bond acceptors (Lipinski definition) is 2. The molecule has 2 heteroatoms. The molecular weight excluding hydrogens is 188 g/mol. The Bertz CT molecular complexity index is 307. The van der Waals surface area contributed by atoms with E-state index in [1.54, 1.807) is 7.11 Å². The maximum Gasteiger partial charge on any atom is 0.161 e. The molecule has 0 saturated carbocycles. The van der Waals surface area contributed by atoms with E-state index in [-0.39, 0.29) is 6.10 Å². The molecule has 0 aromatic heterocycles. The zero-order chi connectivity index (χ0) is 11.1. The Labute approximate surface area is 91.5 Å². The fourth-order valence-corrected chi connectivity index (χ4v) is 1.34. The van der Waals surface area contributed by atoms with Crippen molar-refractivity contribution in [2.75, 3.05) is 7.11 Å². The molecule has 0 saturated heterocycles. The summed E-state index contributed by atoms with van der Waals surface area (Å²) in [6.07, 6.45) is 4.03. The van der Waals surface area contributed by atoms with E-state index in [1.807, 2.05) is 30.3 Å². The van der Waals surface area contributed by atoms with Gasteiger partial charge < -0.3 is 9.47 Å². The van der Waals surface area contributed by atoms with E-state index >= 15 is 0 Å². The van der Waals surface area contributed by atoms with Gasteiger partial charge in [0.2, 0.25) is 0 Å². The fourth-order valence-electron chi connectivity index (χ4n) is 1.34. The van der Waals surface area contributed by atoms with Gasteiger partial charge in [0.15, 0.2) is 11.5 Å². The topological polar surface area (TPSA) is 18.5 Å². The lowest BCUT2D eigenvalue weighted by atomic mass is 10.2. The van der Waals surface area contributed by atoms with Gasteiger partial charge in [-0.05, 0) is 31.9 Å². The summed E-state index contributed by atoms with van der Waals surface area (Å²) in [4.78, 5) is 0. The molecule has 0 radical (unpaired) electrons. The Morgan fingerprint density at radius 2 is 2.00 bits per heavy atom. The van der Waals surface area contributed by atoms with Crippen LogP contribution in [0.25, 0.3) is 0 Å². The van der Waals surface area contributed by atoms with Gasteiger partial charge in [0, 0.05) is 0 Å². The predicted octanol–water partition coefficient (Wildman–Crippen LogP) is 3.43. The van der Waals surface area contributed by atoms with E-state index in [0.29, 0.717) is 0 Å². The molecule has 0 fully saturated rings. The predicted molar refractivity (Wildman–Crippen MR) is 62.5 cm³/mol. The van der Waals surface area contributed by atoms with Gasteiger partial charge in [-0.3, -0.25) is 0 Å². The Morgan fingerprint density at radius 3 is 2.60 bits per heavy atom. The van der Waals surface area contributed by atoms with Gasteiger partial charge in [-0.2, -0.15) is 0 Å². The van der Waals surface area contributed by atoms with E-state index < -0.39 is 0 Å². The van der Waals surface area contributed by atoms with Gasteiger partial charge in [0.05, 0.1) is 13.2 Å². The number of methoxy groups -OCH3 is 1. The lowest BCUT2D eigenvalue weighted by molar-refractivity contribution is 0.203. The third-order valence-electron chi connectivity index (χ3n) is 2.17. The molecule has 0 N–H and O–H groups in total. The summed E-state index contributed by atoms with van der Waals surface area (Å²) in [6, 6.07) is 7.69. The second-order valence-corrected chi connectivity index (χ2v) is 3.45. The summed E-state index contributed by atoms with van der Waals surface area (Å²) in [5, 5.41) is 0. The van der Waals surface area contributed by atoms with Crippen LogP contribution in [0.4, 0.5) is 0 Å². The molecule has 0 bridgehead atoms. The molecule has 1 aromatic rings. The highest BCUT2D eigenvalue weighted by atomic mass is 16.5. The van der Waals surface area contributed by atoms with Crippen molar-refractivity contribution in [3.63, 3.8) is 0 Å². The van der Waals surface area contributed by atoms with Crippen molar-refractivity contribution in [3.05, 3.63) is 36.9 Å². The van der Waals surface area contributed by atoms with Crippen molar-refractivity contribution in [2.45, 2.75) is 25.9 Å². The van der Waals surface area contributed by atoms with Crippen LogP contribution in [-0.2, 0) is 0 Å². The molecule has 82 valence electrons. The van der Waals surface area contributed by atoms with Crippen molar-refractivity contribution in [1.29, 1.82) is 0 Å².